The van der Waals surface area contributed by atoms with Crippen molar-refractivity contribution in [2.75, 3.05) is 11.9 Å². The Morgan fingerprint density at radius 2 is 2.00 bits per heavy atom. The smallest absolute Gasteiger partial charge is 0.171 e. The average Bonchev–Trinajstić information content (AvgIpc) is 2.70. The largest absolute Gasteiger partial charge is 0.370 e. The monoisotopic (exact) mass is 403 g/mol. The van der Waals surface area contributed by atoms with Crippen LogP contribution in [0.25, 0.3) is 10.7 Å². The van der Waals surface area contributed by atoms with E-state index in [1.54, 1.807) is 11.3 Å². The van der Waals surface area contributed by atoms with Crippen LogP contribution in [0.4, 0.5) is 5.82 Å². The molecule has 0 saturated heterocycles. The van der Waals surface area contributed by atoms with Gasteiger partial charge >= 0.3 is 0 Å². The first kappa shape index (κ1) is 14.9. The van der Waals surface area contributed by atoms with E-state index in [4.69, 9.17) is 0 Å². The van der Waals surface area contributed by atoms with Crippen LogP contribution in [-0.4, -0.2) is 16.5 Å². The molecule has 0 saturated carbocycles. The molecule has 1 N–H and O–H groups in total. The fourth-order valence-corrected chi connectivity index (χ4v) is 3.57. The van der Waals surface area contributed by atoms with Gasteiger partial charge in [0.25, 0.3) is 0 Å². The van der Waals surface area contributed by atoms with Gasteiger partial charge in [-0.1, -0.05) is 13.8 Å². The zero-order chi connectivity index (χ0) is 14.0. The third-order valence-corrected chi connectivity index (χ3v) is 5.81. The summed E-state index contributed by atoms with van der Waals surface area (Å²) in [6.07, 6.45) is 0. The van der Waals surface area contributed by atoms with Crippen molar-refractivity contribution in [2.45, 2.75) is 26.7 Å². The number of rotatable bonds is 4. The first-order chi connectivity index (χ1) is 9.01. The van der Waals surface area contributed by atoms with Gasteiger partial charge in [0.1, 0.15) is 5.82 Å². The van der Waals surface area contributed by atoms with Crippen LogP contribution in [0.1, 0.15) is 32.4 Å². The van der Waals surface area contributed by atoms with E-state index in [0.717, 1.165) is 37.0 Å². The molecule has 3 nitrogen and oxygen atoms in total. The van der Waals surface area contributed by atoms with Gasteiger partial charge in [-0.25, -0.2) is 9.97 Å². The molecule has 19 heavy (non-hydrogen) atoms. The lowest BCUT2D eigenvalue weighted by atomic mass is 10.1. The van der Waals surface area contributed by atoms with Gasteiger partial charge < -0.3 is 5.32 Å². The summed E-state index contributed by atoms with van der Waals surface area (Å²) in [5.41, 5.74) is 1.06. The van der Waals surface area contributed by atoms with Crippen LogP contribution in [-0.2, 0) is 0 Å². The van der Waals surface area contributed by atoms with Gasteiger partial charge in [-0.2, -0.15) is 0 Å². The van der Waals surface area contributed by atoms with Crippen molar-refractivity contribution >= 4 is 49.0 Å². The third kappa shape index (κ3) is 3.55. The average molecular weight is 405 g/mol. The number of hydrogen-bond acceptors (Lipinski definition) is 4. The van der Waals surface area contributed by atoms with Crippen molar-refractivity contribution in [1.29, 1.82) is 0 Å². The summed E-state index contributed by atoms with van der Waals surface area (Å²) in [6.45, 7) is 7.20. The molecule has 0 spiro atoms. The highest BCUT2D eigenvalue weighted by molar-refractivity contribution is 9.13. The first-order valence-corrected chi connectivity index (χ1v) is 8.49. The Kier molecular flexibility index (Phi) is 4.97. The van der Waals surface area contributed by atoms with Crippen LogP contribution in [0, 0.1) is 0 Å². The van der Waals surface area contributed by atoms with E-state index in [1.165, 1.54) is 0 Å². The maximum atomic E-state index is 4.66. The van der Waals surface area contributed by atoms with Gasteiger partial charge in [-0.3, -0.25) is 0 Å². The number of thiophene rings is 1. The molecule has 0 radical (unpaired) electrons. The number of nitrogens with one attached hydrogen (secondary N) is 1. The van der Waals surface area contributed by atoms with Crippen molar-refractivity contribution in [3.05, 3.63) is 26.1 Å². The Balaban J connectivity index is 2.49. The summed E-state index contributed by atoms with van der Waals surface area (Å²) in [5.74, 6) is 2.04. The highest BCUT2D eigenvalue weighted by Crippen LogP contribution is 2.37. The molecule has 0 unspecified atom stereocenters. The molecule has 0 aromatic carbocycles. The second-order valence-corrected chi connectivity index (χ2v) is 7.64. The molecular formula is C13H15Br2N3S. The summed E-state index contributed by atoms with van der Waals surface area (Å²) in [5, 5.41) is 3.26. The molecule has 0 aliphatic heterocycles. The fraction of sp³-hybridized carbons (Fsp3) is 0.385. The molecule has 0 atom stereocenters. The van der Waals surface area contributed by atoms with E-state index < -0.39 is 0 Å². The van der Waals surface area contributed by atoms with Gasteiger partial charge in [-0.05, 0) is 50.8 Å². The number of aromatic nitrogens is 2. The predicted molar refractivity (Wildman–Crippen MR) is 89.0 cm³/mol. The highest BCUT2D eigenvalue weighted by Gasteiger charge is 2.13. The molecule has 0 aliphatic rings. The van der Waals surface area contributed by atoms with Crippen LogP contribution in [0.15, 0.2) is 20.4 Å². The van der Waals surface area contributed by atoms with E-state index >= 15 is 0 Å². The topological polar surface area (TPSA) is 37.8 Å². The lowest BCUT2D eigenvalue weighted by Gasteiger charge is -2.10. The van der Waals surface area contributed by atoms with E-state index in [-0.39, 0.29) is 0 Å². The van der Waals surface area contributed by atoms with Crippen LogP contribution < -0.4 is 5.32 Å². The molecule has 2 heterocycles. The Bertz CT molecular complexity index is 562. The maximum Gasteiger partial charge on any atom is 0.171 e. The second-order valence-electron chi connectivity index (χ2n) is 4.42. The van der Waals surface area contributed by atoms with Crippen molar-refractivity contribution < 1.29 is 0 Å². The van der Waals surface area contributed by atoms with Crippen LogP contribution >= 0.6 is 43.2 Å². The predicted octanol–water partition coefficient (Wildman–Crippen LogP) is 5.29. The highest BCUT2D eigenvalue weighted by atomic mass is 79.9. The molecule has 2 rings (SSSR count). The molecule has 0 bridgehead atoms. The van der Waals surface area contributed by atoms with Gasteiger partial charge in [0, 0.05) is 22.8 Å². The number of anilines is 1. The zero-order valence-corrected chi connectivity index (χ0v) is 15.0. The van der Waals surface area contributed by atoms with Gasteiger partial charge in [0.2, 0.25) is 0 Å². The van der Waals surface area contributed by atoms with Gasteiger partial charge in [0.05, 0.1) is 8.66 Å². The Labute approximate surface area is 134 Å². The summed E-state index contributed by atoms with van der Waals surface area (Å²) in [7, 11) is 0. The third-order valence-electron chi connectivity index (χ3n) is 2.56. The van der Waals surface area contributed by atoms with Crippen molar-refractivity contribution in [3.63, 3.8) is 0 Å². The minimum atomic E-state index is 0.381. The van der Waals surface area contributed by atoms with Crippen LogP contribution in [0.3, 0.4) is 0 Å². The number of halogens is 2. The lowest BCUT2D eigenvalue weighted by molar-refractivity contribution is 0.817. The molecule has 6 heteroatoms. The standard InChI is InChI=1S/C13H15Br2N3S/c1-4-16-11-6-9(7(2)3)17-13(18-11)10-5-8(14)12(15)19-10/h5-7H,4H2,1-3H3,(H,16,17,18). The minimum Gasteiger partial charge on any atom is -0.370 e. The molecule has 0 aliphatic carbocycles. The van der Waals surface area contributed by atoms with E-state index in [1.807, 2.05) is 12.1 Å². The Morgan fingerprint density at radius 1 is 1.26 bits per heavy atom. The molecule has 102 valence electrons. The van der Waals surface area contributed by atoms with Gasteiger partial charge in [-0.15, -0.1) is 11.3 Å². The zero-order valence-electron chi connectivity index (χ0n) is 11.0. The first-order valence-electron chi connectivity index (χ1n) is 6.09. The van der Waals surface area contributed by atoms with Crippen LogP contribution in [0.2, 0.25) is 0 Å². The lowest BCUT2D eigenvalue weighted by Crippen LogP contribution is -2.04. The molecule has 2 aromatic heterocycles. The Morgan fingerprint density at radius 3 is 2.53 bits per heavy atom. The van der Waals surface area contributed by atoms with E-state index in [0.29, 0.717) is 5.92 Å². The van der Waals surface area contributed by atoms with Gasteiger partial charge in [0.15, 0.2) is 5.82 Å². The number of nitrogens with zero attached hydrogens (tertiary/aromatic N) is 2. The molecular weight excluding hydrogens is 390 g/mol. The second kappa shape index (κ2) is 6.33. The van der Waals surface area contributed by atoms with E-state index in [2.05, 4.69) is 67.9 Å². The van der Waals surface area contributed by atoms with Crippen LogP contribution in [0.5, 0.6) is 0 Å². The van der Waals surface area contributed by atoms with Crippen molar-refractivity contribution in [3.8, 4) is 10.7 Å². The normalized spacial score (nSPS) is 11.1. The SMILES string of the molecule is CCNc1cc(C(C)C)nc(-c2cc(Br)c(Br)s2)n1. The fourth-order valence-electron chi connectivity index (χ4n) is 1.60. The van der Waals surface area contributed by atoms with Crippen molar-refractivity contribution in [2.24, 2.45) is 0 Å². The summed E-state index contributed by atoms with van der Waals surface area (Å²) >= 11 is 8.64. The summed E-state index contributed by atoms with van der Waals surface area (Å²) in [4.78, 5) is 10.3. The Hall–Kier alpha value is -0.460. The summed E-state index contributed by atoms with van der Waals surface area (Å²) < 4.78 is 2.10. The molecule has 0 fully saturated rings. The molecule has 0 amide bonds. The molecule has 2 aromatic rings. The minimum absolute atomic E-state index is 0.381. The van der Waals surface area contributed by atoms with E-state index in [9.17, 15) is 0 Å². The number of hydrogen-bond donors (Lipinski definition) is 1. The maximum absolute atomic E-state index is 4.66. The van der Waals surface area contributed by atoms with Crippen molar-refractivity contribution in [1.82, 2.24) is 9.97 Å². The quantitative estimate of drug-likeness (QED) is 0.752. The summed E-state index contributed by atoms with van der Waals surface area (Å²) in [6, 6.07) is 4.07.